The van der Waals surface area contributed by atoms with Crippen LogP contribution in [0.3, 0.4) is 0 Å². The lowest BCUT2D eigenvalue weighted by Gasteiger charge is -2.29. The lowest BCUT2D eigenvalue weighted by Crippen LogP contribution is -2.13. The van der Waals surface area contributed by atoms with Crippen LogP contribution >= 0.6 is 0 Å². The zero-order valence-electron chi connectivity index (χ0n) is 27.4. The third-order valence-electron chi connectivity index (χ3n) is 9.15. The van der Waals surface area contributed by atoms with Crippen molar-refractivity contribution in [3.8, 4) is 11.1 Å². The van der Waals surface area contributed by atoms with Crippen LogP contribution in [0.15, 0.2) is 134 Å². The molecule has 6 aromatic rings. The summed E-state index contributed by atoms with van der Waals surface area (Å²) >= 11 is 0. The first-order chi connectivity index (χ1) is 23.2. The Balaban J connectivity index is 1.27. The van der Waals surface area contributed by atoms with Gasteiger partial charge in [0.05, 0.1) is 11.3 Å². The van der Waals surface area contributed by atoms with E-state index in [-0.39, 0.29) is 17.1 Å². The minimum absolute atomic E-state index is 0.174. The fraction of sp³-hybridized carbons (Fsp3) is 0.0667. The van der Waals surface area contributed by atoms with Crippen LogP contribution in [-0.2, 0) is 0 Å². The monoisotopic (exact) mass is 621 g/mol. The minimum atomic E-state index is -0.262. The SMILES string of the molecule is C=Cc1cc2c(cc1C=C)C(=O)C(=Cc1ccc3cc(N(c4ccc(-c5ccccc5)cc4)c4c(C)cc(C)cc4C)ccc3c1)C2=O. The molecule has 0 saturated carbocycles. The Morgan fingerprint density at radius 3 is 1.71 bits per heavy atom. The zero-order chi connectivity index (χ0) is 33.5. The molecule has 0 spiro atoms. The van der Waals surface area contributed by atoms with Crippen LogP contribution in [0.1, 0.15) is 54.1 Å². The van der Waals surface area contributed by atoms with Crippen molar-refractivity contribution in [1.82, 2.24) is 0 Å². The van der Waals surface area contributed by atoms with Crippen molar-refractivity contribution in [3.05, 3.63) is 178 Å². The van der Waals surface area contributed by atoms with E-state index < -0.39 is 0 Å². The molecule has 3 heteroatoms. The number of carbonyl (C=O) groups excluding carboxylic acids is 2. The molecule has 1 aliphatic rings. The molecule has 0 aromatic heterocycles. The second-order valence-corrected chi connectivity index (χ2v) is 12.4. The van der Waals surface area contributed by atoms with Crippen molar-refractivity contribution < 1.29 is 9.59 Å². The second-order valence-electron chi connectivity index (χ2n) is 12.4. The average Bonchev–Trinajstić information content (AvgIpc) is 3.33. The summed E-state index contributed by atoms with van der Waals surface area (Å²) in [6.45, 7) is 14.2. The molecule has 0 amide bonds. The Bertz CT molecular complexity index is 2250. The summed E-state index contributed by atoms with van der Waals surface area (Å²) in [5, 5.41) is 2.07. The van der Waals surface area contributed by atoms with Gasteiger partial charge in [-0.05, 0) is 119 Å². The fourth-order valence-electron chi connectivity index (χ4n) is 6.90. The van der Waals surface area contributed by atoms with Crippen LogP contribution in [0.5, 0.6) is 0 Å². The normalized spacial score (nSPS) is 12.3. The second kappa shape index (κ2) is 12.3. The number of ketones is 2. The molecule has 0 N–H and O–H groups in total. The summed E-state index contributed by atoms with van der Waals surface area (Å²) in [4.78, 5) is 29.0. The van der Waals surface area contributed by atoms with Gasteiger partial charge in [-0.2, -0.15) is 0 Å². The molecule has 3 nitrogen and oxygen atoms in total. The smallest absolute Gasteiger partial charge is 0.197 e. The molecule has 6 aromatic carbocycles. The lowest BCUT2D eigenvalue weighted by molar-refractivity contribution is 0.0990. The summed E-state index contributed by atoms with van der Waals surface area (Å²) in [7, 11) is 0. The fourth-order valence-corrected chi connectivity index (χ4v) is 6.90. The number of anilines is 3. The number of hydrogen-bond donors (Lipinski definition) is 0. The number of benzene rings is 6. The van der Waals surface area contributed by atoms with E-state index in [9.17, 15) is 9.59 Å². The van der Waals surface area contributed by atoms with Gasteiger partial charge in [-0.3, -0.25) is 9.59 Å². The van der Waals surface area contributed by atoms with Crippen LogP contribution in [0.25, 0.3) is 40.1 Å². The van der Waals surface area contributed by atoms with Gasteiger partial charge in [0.2, 0.25) is 0 Å². The number of nitrogens with zero attached hydrogens (tertiary/aromatic N) is 1. The number of Topliss-reactive ketones (excluding diaryl/α,β-unsaturated/α-hetero) is 2. The Kier molecular flexibility index (Phi) is 7.82. The Morgan fingerprint density at radius 1 is 0.562 bits per heavy atom. The van der Waals surface area contributed by atoms with Gasteiger partial charge in [0.1, 0.15) is 0 Å². The maximum Gasteiger partial charge on any atom is 0.197 e. The highest BCUT2D eigenvalue weighted by Gasteiger charge is 2.33. The third-order valence-corrected chi connectivity index (χ3v) is 9.15. The first-order valence-corrected chi connectivity index (χ1v) is 16.1. The largest absolute Gasteiger partial charge is 0.310 e. The molecule has 48 heavy (non-hydrogen) atoms. The van der Waals surface area contributed by atoms with E-state index in [2.05, 4.69) is 124 Å². The molecule has 0 bridgehead atoms. The molecular formula is C45H35NO2. The summed E-state index contributed by atoms with van der Waals surface area (Å²) in [5.41, 5.74) is 12.6. The van der Waals surface area contributed by atoms with Gasteiger partial charge in [-0.1, -0.05) is 104 Å². The number of fused-ring (bicyclic) bond motifs is 2. The number of allylic oxidation sites excluding steroid dienone is 1. The van der Waals surface area contributed by atoms with E-state index in [1.807, 2.05) is 18.2 Å². The highest BCUT2D eigenvalue weighted by Crippen LogP contribution is 2.41. The standard InChI is InChI=1S/C45H35NO2/c1-6-32-26-40-41(27-33(32)7-2)45(48)42(44(40)47)24-31-13-14-37-25-39(20-17-36(37)23-31)46(43-29(4)21-28(3)22-30(43)5)38-18-15-35(16-19-38)34-11-9-8-10-12-34/h6-27H,1-2H2,3-5H3. The molecule has 0 saturated heterocycles. The number of hydrogen-bond acceptors (Lipinski definition) is 3. The summed E-state index contributed by atoms with van der Waals surface area (Å²) < 4.78 is 0. The van der Waals surface area contributed by atoms with Crippen LogP contribution in [0.4, 0.5) is 17.1 Å². The van der Waals surface area contributed by atoms with Crippen LogP contribution < -0.4 is 4.90 Å². The first-order valence-electron chi connectivity index (χ1n) is 16.1. The van der Waals surface area contributed by atoms with Crippen molar-refractivity contribution >= 4 is 57.6 Å². The van der Waals surface area contributed by atoms with Crippen molar-refractivity contribution in [3.63, 3.8) is 0 Å². The van der Waals surface area contributed by atoms with Gasteiger partial charge < -0.3 is 4.90 Å². The van der Waals surface area contributed by atoms with Crippen molar-refractivity contribution in [2.45, 2.75) is 20.8 Å². The van der Waals surface area contributed by atoms with E-state index in [1.165, 1.54) is 27.8 Å². The van der Waals surface area contributed by atoms with E-state index in [0.29, 0.717) is 11.1 Å². The van der Waals surface area contributed by atoms with Gasteiger partial charge in [-0.25, -0.2) is 0 Å². The highest BCUT2D eigenvalue weighted by atomic mass is 16.2. The quantitative estimate of drug-likeness (QED) is 0.131. The minimum Gasteiger partial charge on any atom is -0.310 e. The van der Waals surface area contributed by atoms with Gasteiger partial charge in [-0.15, -0.1) is 0 Å². The lowest BCUT2D eigenvalue weighted by atomic mass is 9.99. The molecule has 0 radical (unpaired) electrons. The number of rotatable bonds is 7. The summed E-state index contributed by atoms with van der Waals surface area (Å²) in [5.74, 6) is -0.524. The predicted octanol–water partition coefficient (Wildman–Crippen LogP) is 11.7. The van der Waals surface area contributed by atoms with Gasteiger partial charge >= 0.3 is 0 Å². The molecular weight excluding hydrogens is 587 g/mol. The molecule has 1 aliphatic carbocycles. The van der Waals surface area contributed by atoms with Crippen molar-refractivity contribution in [2.75, 3.05) is 4.90 Å². The van der Waals surface area contributed by atoms with E-state index in [1.54, 1.807) is 30.4 Å². The molecule has 232 valence electrons. The molecule has 0 atom stereocenters. The Hall–Kier alpha value is -6.06. The van der Waals surface area contributed by atoms with Crippen LogP contribution in [-0.4, -0.2) is 11.6 Å². The Morgan fingerprint density at radius 2 is 1.10 bits per heavy atom. The topological polar surface area (TPSA) is 37.4 Å². The van der Waals surface area contributed by atoms with E-state index >= 15 is 0 Å². The zero-order valence-corrected chi connectivity index (χ0v) is 27.4. The van der Waals surface area contributed by atoms with Crippen LogP contribution in [0, 0.1) is 20.8 Å². The van der Waals surface area contributed by atoms with E-state index in [0.717, 1.165) is 44.5 Å². The molecule has 7 rings (SSSR count). The highest BCUT2D eigenvalue weighted by molar-refractivity contribution is 6.41. The Labute approximate surface area is 281 Å². The van der Waals surface area contributed by atoms with Gasteiger partial charge in [0, 0.05) is 22.5 Å². The molecule has 0 unspecified atom stereocenters. The predicted molar refractivity (Wildman–Crippen MR) is 202 cm³/mol. The first kappa shape index (κ1) is 30.6. The molecule has 0 heterocycles. The van der Waals surface area contributed by atoms with Crippen LogP contribution in [0.2, 0.25) is 0 Å². The van der Waals surface area contributed by atoms with Gasteiger partial charge in [0.15, 0.2) is 11.6 Å². The maximum atomic E-state index is 13.4. The average molecular weight is 622 g/mol. The number of carbonyl (C=O) groups is 2. The molecule has 0 fully saturated rings. The van der Waals surface area contributed by atoms with Crippen molar-refractivity contribution in [2.24, 2.45) is 0 Å². The summed E-state index contributed by atoms with van der Waals surface area (Å²) in [6.07, 6.45) is 5.06. The maximum absolute atomic E-state index is 13.4. The van der Waals surface area contributed by atoms with Crippen molar-refractivity contribution in [1.29, 1.82) is 0 Å². The molecule has 0 aliphatic heterocycles. The van der Waals surface area contributed by atoms with E-state index in [4.69, 9.17) is 0 Å². The number of aryl methyl sites for hydroxylation is 3. The van der Waals surface area contributed by atoms with Gasteiger partial charge in [0.25, 0.3) is 0 Å². The third kappa shape index (κ3) is 5.40. The summed E-state index contributed by atoms with van der Waals surface area (Å²) in [6, 6.07) is 39.6.